The zero-order valence-electron chi connectivity index (χ0n) is 14.2. The van der Waals surface area contributed by atoms with Crippen LogP contribution in [0.2, 0.25) is 0 Å². The molecule has 0 spiro atoms. The lowest BCUT2D eigenvalue weighted by Gasteiger charge is -2.26. The lowest BCUT2D eigenvalue weighted by molar-refractivity contribution is -0.869. The van der Waals surface area contributed by atoms with Crippen molar-refractivity contribution in [2.75, 3.05) is 41.3 Å². The predicted octanol–water partition coefficient (Wildman–Crippen LogP) is 1.07. The first-order valence-electron chi connectivity index (χ1n) is 6.87. The first-order chi connectivity index (χ1) is 9.83. The summed E-state index contributed by atoms with van der Waals surface area (Å²) < 4.78 is 32.1. The number of benzene rings is 1. The Balaban J connectivity index is 0.000000401. The zero-order chi connectivity index (χ0) is 17.6. The van der Waals surface area contributed by atoms with E-state index in [-0.39, 0.29) is 10.8 Å². The third-order valence-corrected chi connectivity index (χ3v) is 3.80. The van der Waals surface area contributed by atoms with Crippen LogP contribution in [0.4, 0.5) is 0 Å². The topological polar surface area (TPSA) is 77.5 Å². The van der Waals surface area contributed by atoms with Gasteiger partial charge in [0.2, 0.25) is 5.91 Å². The van der Waals surface area contributed by atoms with E-state index in [2.05, 4.69) is 21.1 Å². The molecule has 0 unspecified atom stereocenters. The van der Waals surface area contributed by atoms with Gasteiger partial charge in [-0.3, -0.25) is 4.79 Å². The van der Waals surface area contributed by atoms with E-state index in [0.29, 0.717) is 0 Å². The minimum absolute atomic E-state index is 0.137. The molecule has 0 aliphatic rings. The lowest BCUT2D eigenvalue weighted by atomic mass is 10.2. The van der Waals surface area contributed by atoms with Crippen LogP contribution in [-0.4, -0.2) is 69.5 Å². The third-order valence-electron chi connectivity index (χ3n) is 2.95. The molecular weight excluding hydrogens is 304 g/mol. The Bertz CT molecular complexity index is 575. The van der Waals surface area contributed by atoms with Gasteiger partial charge in [0.1, 0.15) is 10.1 Å². The van der Waals surface area contributed by atoms with Gasteiger partial charge in [-0.25, -0.2) is 8.42 Å². The molecular formula is C15H26N2O4S. The molecule has 0 fully saturated rings. The van der Waals surface area contributed by atoms with E-state index < -0.39 is 10.1 Å². The molecule has 0 N–H and O–H groups in total. The van der Waals surface area contributed by atoms with Crippen molar-refractivity contribution >= 4 is 16.0 Å². The number of aryl methyl sites for hydroxylation is 1. The van der Waals surface area contributed by atoms with E-state index in [1.165, 1.54) is 12.1 Å². The number of carbonyl (C=O) groups excluding carboxylic acids is 1. The van der Waals surface area contributed by atoms with E-state index >= 15 is 0 Å². The van der Waals surface area contributed by atoms with Crippen molar-refractivity contribution in [3.63, 3.8) is 0 Å². The third kappa shape index (κ3) is 9.49. The van der Waals surface area contributed by atoms with E-state index in [9.17, 15) is 17.8 Å². The maximum absolute atomic E-state index is 10.8. The van der Waals surface area contributed by atoms with Gasteiger partial charge >= 0.3 is 0 Å². The van der Waals surface area contributed by atoms with Gasteiger partial charge in [0, 0.05) is 14.0 Å². The first-order valence-corrected chi connectivity index (χ1v) is 8.28. The highest BCUT2D eigenvalue weighted by Crippen LogP contribution is 2.08. The summed E-state index contributed by atoms with van der Waals surface area (Å²) in [6.07, 6.45) is 0. The highest BCUT2D eigenvalue weighted by molar-refractivity contribution is 7.85. The van der Waals surface area contributed by atoms with Gasteiger partial charge in [0.15, 0.2) is 0 Å². The number of quaternary nitrogens is 1. The summed E-state index contributed by atoms with van der Waals surface area (Å²) in [5.41, 5.74) is 0.928. The second-order valence-electron chi connectivity index (χ2n) is 6.22. The first kappa shape index (κ1) is 20.6. The van der Waals surface area contributed by atoms with Crippen LogP contribution < -0.4 is 0 Å². The molecule has 0 bridgehead atoms. The van der Waals surface area contributed by atoms with E-state index in [0.717, 1.165) is 23.1 Å². The maximum atomic E-state index is 10.8. The van der Waals surface area contributed by atoms with Gasteiger partial charge in [-0.2, -0.15) is 0 Å². The molecule has 1 aromatic rings. The number of hydrogen-bond acceptors (Lipinski definition) is 4. The summed E-state index contributed by atoms with van der Waals surface area (Å²) in [5.74, 6) is 0.137. The molecule has 0 saturated heterocycles. The standard InChI is InChI=1S/C8H19N2O.C7H8O3S/c1-8(11)9(2)6-7-10(3,4)5;1-6-2-4-7(5-3-6)11(8,9)10/h6-7H2,1-5H3;2-5H,1H3,(H,8,9,10)/q+1;/p-1. The molecule has 22 heavy (non-hydrogen) atoms. The molecule has 0 saturated carbocycles. The lowest BCUT2D eigenvalue weighted by Crippen LogP contribution is -2.42. The fourth-order valence-electron chi connectivity index (χ4n) is 1.31. The molecule has 0 heterocycles. The predicted molar refractivity (Wildman–Crippen MR) is 85.4 cm³/mol. The minimum atomic E-state index is -4.27. The Morgan fingerprint density at radius 2 is 1.64 bits per heavy atom. The number of hydrogen-bond donors (Lipinski definition) is 0. The van der Waals surface area contributed by atoms with Crippen LogP contribution in [0.3, 0.4) is 0 Å². The van der Waals surface area contributed by atoms with Gasteiger partial charge < -0.3 is 13.9 Å². The van der Waals surface area contributed by atoms with Crippen molar-refractivity contribution < 1.29 is 22.2 Å². The van der Waals surface area contributed by atoms with Crippen LogP contribution in [0.5, 0.6) is 0 Å². The largest absolute Gasteiger partial charge is 0.744 e. The Morgan fingerprint density at radius 1 is 1.18 bits per heavy atom. The average molecular weight is 330 g/mol. The SMILES string of the molecule is CC(=O)N(C)CC[N+](C)(C)C.Cc1ccc(S(=O)(=O)[O-])cc1. The van der Waals surface area contributed by atoms with E-state index in [1.807, 2.05) is 14.0 Å². The minimum Gasteiger partial charge on any atom is -0.744 e. The average Bonchev–Trinajstić information content (AvgIpc) is 2.35. The monoisotopic (exact) mass is 330 g/mol. The van der Waals surface area contributed by atoms with E-state index in [4.69, 9.17) is 0 Å². The van der Waals surface area contributed by atoms with Crippen molar-refractivity contribution in [1.82, 2.24) is 4.90 Å². The smallest absolute Gasteiger partial charge is 0.219 e. The van der Waals surface area contributed by atoms with Crippen molar-refractivity contribution in [3.8, 4) is 0 Å². The van der Waals surface area contributed by atoms with Gasteiger partial charge in [-0.15, -0.1) is 0 Å². The summed E-state index contributed by atoms with van der Waals surface area (Å²) in [6.45, 7) is 5.24. The van der Waals surface area contributed by atoms with Crippen LogP contribution in [0, 0.1) is 6.92 Å². The fourth-order valence-corrected chi connectivity index (χ4v) is 1.78. The number of carbonyl (C=O) groups is 1. The Hall–Kier alpha value is -1.44. The molecule has 1 amide bonds. The van der Waals surface area contributed by atoms with Crippen molar-refractivity contribution in [2.45, 2.75) is 18.7 Å². The number of rotatable bonds is 4. The van der Waals surface area contributed by atoms with Gasteiger partial charge in [-0.05, 0) is 19.1 Å². The summed E-state index contributed by atoms with van der Waals surface area (Å²) in [5, 5.41) is 0. The molecule has 126 valence electrons. The Labute approximate surface area is 133 Å². The quantitative estimate of drug-likeness (QED) is 0.611. The molecule has 0 aliphatic heterocycles. The van der Waals surface area contributed by atoms with Crippen LogP contribution in [-0.2, 0) is 14.9 Å². The Morgan fingerprint density at radius 3 is 1.95 bits per heavy atom. The van der Waals surface area contributed by atoms with Crippen molar-refractivity contribution in [3.05, 3.63) is 29.8 Å². The number of likely N-dealkylation sites (N-methyl/N-ethyl adjacent to an activating group) is 2. The van der Waals surface area contributed by atoms with Gasteiger partial charge in [0.05, 0.1) is 39.1 Å². The molecule has 0 radical (unpaired) electrons. The summed E-state index contributed by atoms with van der Waals surface area (Å²) in [4.78, 5) is 12.3. The second kappa shape index (κ2) is 8.26. The van der Waals surface area contributed by atoms with Gasteiger partial charge in [0.25, 0.3) is 0 Å². The Kier molecular flexibility index (Phi) is 7.72. The number of nitrogens with zero attached hydrogens (tertiary/aromatic N) is 2. The normalized spacial score (nSPS) is 11.4. The second-order valence-corrected chi connectivity index (χ2v) is 7.60. The van der Waals surface area contributed by atoms with E-state index in [1.54, 1.807) is 24.0 Å². The van der Waals surface area contributed by atoms with Crippen molar-refractivity contribution in [2.24, 2.45) is 0 Å². The maximum Gasteiger partial charge on any atom is 0.219 e. The molecule has 0 aliphatic carbocycles. The molecule has 7 heteroatoms. The molecule has 1 rings (SSSR count). The molecule has 6 nitrogen and oxygen atoms in total. The molecule has 0 aromatic heterocycles. The highest BCUT2D eigenvalue weighted by atomic mass is 32.2. The molecule has 1 aromatic carbocycles. The molecule has 0 atom stereocenters. The van der Waals surface area contributed by atoms with Crippen LogP contribution in [0.15, 0.2) is 29.2 Å². The summed E-state index contributed by atoms with van der Waals surface area (Å²) in [7, 11) is 3.92. The number of amides is 1. The highest BCUT2D eigenvalue weighted by Gasteiger charge is 2.09. The summed E-state index contributed by atoms with van der Waals surface area (Å²) in [6, 6.07) is 5.78. The van der Waals surface area contributed by atoms with Crippen molar-refractivity contribution in [1.29, 1.82) is 0 Å². The van der Waals surface area contributed by atoms with Crippen LogP contribution in [0.1, 0.15) is 12.5 Å². The van der Waals surface area contributed by atoms with Crippen LogP contribution in [0.25, 0.3) is 0 Å². The summed E-state index contributed by atoms with van der Waals surface area (Å²) >= 11 is 0. The zero-order valence-corrected chi connectivity index (χ0v) is 15.0. The fraction of sp³-hybridized carbons (Fsp3) is 0.533. The van der Waals surface area contributed by atoms with Crippen LogP contribution >= 0.6 is 0 Å². The van der Waals surface area contributed by atoms with Gasteiger partial charge in [-0.1, -0.05) is 17.7 Å².